The zero-order valence-electron chi connectivity index (χ0n) is 17.9. The Hall–Kier alpha value is -3.91. The Labute approximate surface area is 184 Å². The molecule has 0 radical (unpaired) electrons. The van der Waals surface area contributed by atoms with Crippen LogP contribution in [0.5, 0.6) is 0 Å². The molecule has 0 aromatic heterocycles. The van der Waals surface area contributed by atoms with Gasteiger partial charge in [-0.3, -0.25) is 4.99 Å². The lowest BCUT2D eigenvalue weighted by molar-refractivity contribution is 1.37. The van der Waals surface area contributed by atoms with Crippen LogP contribution in [0.15, 0.2) is 126 Å². The molecular weight excluding hydrogens is 376 g/mol. The van der Waals surface area contributed by atoms with E-state index >= 15 is 0 Å². The molecule has 0 unspecified atom stereocenters. The lowest BCUT2D eigenvalue weighted by atomic mass is 9.96. The molecule has 2 heteroatoms. The molecule has 31 heavy (non-hydrogen) atoms. The van der Waals surface area contributed by atoms with Gasteiger partial charge in [-0.05, 0) is 43.2 Å². The number of rotatable bonds is 6. The fourth-order valence-electron chi connectivity index (χ4n) is 3.67. The standard InChI is InChI=1S/C29H26N2/c1-22(30-26-17-10-5-11-18-26)21-23(2)31-29-27(24-13-6-3-7-14-24)19-12-20-28(29)25-15-8-4-9-16-25/h3-21,30H,1-2H3. The Balaban J connectivity index is 1.77. The fourth-order valence-corrected chi connectivity index (χ4v) is 3.67. The zero-order valence-corrected chi connectivity index (χ0v) is 17.9. The average Bonchev–Trinajstić information content (AvgIpc) is 2.81. The summed E-state index contributed by atoms with van der Waals surface area (Å²) in [7, 11) is 0. The van der Waals surface area contributed by atoms with Crippen molar-refractivity contribution in [2.75, 3.05) is 5.32 Å². The monoisotopic (exact) mass is 402 g/mol. The number of aliphatic imine (C=N–C) groups is 1. The lowest BCUT2D eigenvalue weighted by Gasteiger charge is -2.13. The highest BCUT2D eigenvalue weighted by Crippen LogP contribution is 2.39. The second-order valence-electron chi connectivity index (χ2n) is 7.51. The van der Waals surface area contributed by atoms with Crippen molar-refractivity contribution in [2.24, 2.45) is 4.99 Å². The van der Waals surface area contributed by atoms with Crippen LogP contribution in [-0.2, 0) is 0 Å². The van der Waals surface area contributed by atoms with Gasteiger partial charge in [-0.2, -0.15) is 0 Å². The number of hydrogen-bond donors (Lipinski definition) is 1. The highest BCUT2D eigenvalue weighted by atomic mass is 14.9. The first kappa shape index (κ1) is 20.4. The summed E-state index contributed by atoms with van der Waals surface area (Å²) in [6.07, 6.45) is 2.09. The maximum absolute atomic E-state index is 5.09. The van der Waals surface area contributed by atoms with E-state index in [1.807, 2.05) is 37.3 Å². The van der Waals surface area contributed by atoms with Gasteiger partial charge in [-0.1, -0.05) is 97.1 Å². The number of hydrogen-bond acceptors (Lipinski definition) is 2. The molecule has 0 aliphatic heterocycles. The lowest BCUT2D eigenvalue weighted by Crippen LogP contribution is -1.98. The van der Waals surface area contributed by atoms with E-state index in [4.69, 9.17) is 4.99 Å². The molecule has 152 valence electrons. The van der Waals surface area contributed by atoms with Crippen molar-refractivity contribution in [3.63, 3.8) is 0 Å². The molecule has 0 bridgehead atoms. The van der Waals surface area contributed by atoms with Gasteiger partial charge in [0.2, 0.25) is 0 Å². The van der Waals surface area contributed by atoms with Crippen molar-refractivity contribution in [3.05, 3.63) is 121 Å². The highest BCUT2D eigenvalue weighted by molar-refractivity contribution is 5.99. The molecule has 0 fully saturated rings. The van der Waals surface area contributed by atoms with Gasteiger partial charge >= 0.3 is 0 Å². The van der Waals surface area contributed by atoms with Crippen LogP contribution in [0.2, 0.25) is 0 Å². The van der Waals surface area contributed by atoms with Crippen LogP contribution in [-0.4, -0.2) is 5.71 Å². The number of allylic oxidation sites excluding steroid dienone is 2. The van der Waals surface area contributed by atoms with E-state index in [9.17, 15) is 0 Å². The summed E-state index contributed by atoms with van der Waals surface area (Å²) in [6, 6.07) is 37.5. The SMILES string of the molecule is CC(=CC(C)=Nc1c(-c2ccccc2)cccc1-c1ccccc1)Nc1ccccc1. The second kappa shape index (κ2) is 9.73. The summed E-state index contributed by atoms with van der Waals surface area (Å²) in [4.78, 5) is 5.09. The molecule has 0 aliphatic rings. The third-order valence-corrected chi connectivity index (χ3v) is 5.03. The summed E-state index contributed by atoms with van der Waals surface area (Å²) in [5.41, 5.74) is 8.63. The quantitative estimate of drug-likeness (QED) is 0.323. The summed E-state index contributed by atoms with van der Waals surface area (Å²) >= 11 is 0. The van der Waals surface area contributed by atoms with Crippen molar-refractivity contribution >= 4 is 17.1 Å². The number of para-hydroxylation sites is 2. The first-order chi connectivity index (χ1) is 15.2. The van der Waals surface area contributed by atoms with E-state index in [0.717, 1.165) is 45.0 Å². The molecule has 0 atom stereocenters. The van der Waals surface area contributed by atoms with E-state index in [0.29, 0.717) is 0 Å². The number of anilines is 1. The molecule has 0 aliphatic carbocycles. The molecule has 4 rings (SSSR count). The Kier molecular flexibility index (Phi) is 6.39. The molecular formula is C29H26N2. The van der Waals surface area contributed by atoms with E-state index in [2.05, 4.69) is 97.2 Å². The first-order valence-electron chi connectivity index (χ1n) is 10.5. The van der Waals surface area contributed by atoms with Gasteiger partial charge in [0, 0.05) is 28.2 Å². The van der Waals surface area contributed by atoms with Crippen molar-refractivity contribution in [1.29, 1.82) is 0 Å². The van der Waals surface area contributed by atoms with E-state index in [1.54, 1.807) is 0 Å². The van der Waals surface area contributed by atoms with E-state index < -0.39 is 0 Å². The van der Waals surface area contributed by atoms with Crippen LogP contribution in [0, 0.1) is 0 Å². The van der Waals surface area contributed by atoms with Crippen LogP contribution >= 0.6 is 0 Å². The topological polar surface area (TPSA) is 24.4 Å². The van der Waals surface area contributed by atoms with Crippen molar-refractivity contribution in [1.82, 2.24) is 0 Å². The largest absolute Gasteiger partial charge is 0.359 e. The van der Waals surface area contributed by atoms with Gasteiger partial charge < -0.3 is 5.32 Å². The summed E-state index contributed by atoms with van der Waals surface area (Å²) in [5, 5.41) is 3.43. The molecule has 0 amide bonds. The van der Waals surface area contributed by atoms with Crippen LogP contribution in [0.4, 0.5) is 11.4 Å². The van der Waals surface area contributed by atoms with Gasteiger partial charge in [0.1, 0.15) is 0 Å². The molecule has 4 aromatic rings. The maximum Gasteiger partial charge on any atom is 0.0789 e. The van der Waals surface area contributed by atoms with Crippen LogP contribution in [0.25, 0.3) is 22.3 Å². The van der Waals surface area contributed by atoms with Crippen LogP contribution in [0.1, 0.15) is 13.8 Å². The van der Waals surface area contributed by atoms with Crippen LogP contribution in [0.3, 0.4) is 0 Å². The first-order valence-corrected chi connectivity index (χ1v) is 10.5. The molecule has 0 saturated heterocycles. The highest BCUT2D eigenvalue weighted by Gasteiger charge is 2.11. The predicted molar refractivity (Wildman–Crippen MR) is 134 cm³/mol. The van der Waals surface area contributed by atoms with Gasteiger partial charge in [0.25, 0.3) is 0 Å². The zero-order chi connectivity index (χ0) is 21.5. The summed E-state index contributed by atoms with van der Waals surface area (Å²) in [5.74, 6) is 0. The Morgan fingerprint density at radius 2 is 1.10 bits per heavy atom. The molecule has 0 saturated carbocycles. The Morgan fingerprint density at radius 1 is 0.613 bits per heavy atom. The van der Waals surface area contributed by atoms with E-state index in [1.165, 1.54) is 0 Å². The average molecular weight is 403 g/mol. The summed E-state index contributed by atoms with van der Waals surface area (Å²) in [6.45, 7) is 4.11. The van der Waals surface area contributed by atoms with Crippen molar-refractivity contribution in [3.8, 4) is 22.3 Å². The second-order valence-corrected chi connectivity index (χ2v) is 7.51. The smallest absolute Gasteiger partial charge is 0.0789 e. The summed E-state index contributed by atoms with van der Waals surface area (Å²) < 4.78 is 0. The molecule has 1 N–H and O–H groups in total. The minimum absolute atomic E-state index is 0.946. The maximum atomic E-state index is 5.09. The predicted octanol–water partition coefficient (Wildman–Crippen LogP) is 8.13. The van der Waals surface area contributed by atoms with Crippen LogP contribution < -0.4 is 5.32 Å². The molecule has 0 spiro atoms. The Morgan fingerprint density at radius 3 is 1.61 bits per heavy atom. The number of nitrogens with zero attached hydrogens (tertiary/aromatic N) is 1. The van der Waals surface area contributed by atoms with E-state index in [-0.39, 0.29) is 0 Å². The third kappa shape index (κ3) is 5.18. The van der Waals surface area contributed by atoms with Gasteiger partial charge in [-0.15, -0.1) is 0 Å². The molecule has 0 heterocycles. The number of nitrogens with one attached hydrogen (secondary N) is 1. The van der Waals surface area contributed by atoms with Crippen molar-refractivity contribution in [2.45, 2.75) is 13.8 Å². The minimum atomic E-state index is 0.946. The normalized spacial score (nSPS) is 11.9. The Bertz CT molecular complexity index is 1130. The van der Waals surface area contributed by atoms with Gasteiger partial charge in [0.15, 0.2) is 0 Å². The number of benzene rings is 4. The third-order valence-electron chi connectivity index (χ3n) is 5.03. The van der Waals surface area contributed by atoms with Gasteiger partial charge in [-0.25, -0.2) is 0 Å². The van der Waals surface area contributed by atoms with Gasteiger partial charge in [0.05, 0.1) is 5.69 Å². The fraction of sp³-hybridized carbons (Fsp3) is 0.0690. The molecule has 4 aromatic carbocycles. The molecule has 2 nitrogen and oxygen atoms in total. The minimum Gasteiger partial charge on any atom is -0.359 e. The van der Waals surface area contributed by atoms with Crippen molar-refractivity contribution < 1.29 is 0 Å².